The zero-order valence-corrected chi connectivity index (χ0v) is 11.6. The summed E-state index contributed by atoms with van der Waals surface area (Å²) in [7, 11) is 0. The summed E-state index contributed by atoms with van der Waals surface area (Å²) in [4.78, 5) is 18.1. The molecule has 0 bridgehead atoms. The first-order chi connectivity index (χ1) is 9.11. The third-order valence-corrected chi connectivity index (χ3v) is 3.58. The van der Waals surface area contributed by atoms with Crippen molar-refractivity contribution in [3.8, 4) is 0 Å². The molecule has 0 amide bonds. The molecular formula is C14H21N3O2. The normalized spacial score (nSPS) is 16.4. The number of nitrogens with zero attached hydrogens (tertiary/aromatic N) is 2. The van der Waals surface area contributed by atoms with Gasteiger partial charge in [-0.1, -0.05) is 0 Å². The van der Waals surface area contributed by atoms with E-state index in [1.165, 1.54) is 0 Å². The Morgan fingerprint density at radius 3 is 2.79 bits per heavy atom. The fraction of sp³-hybridized carbons (Fsp3) is 0.571. The Labute approximate surface area is 113 Å². The van der Waals surface area contributed by atoms with Gasteiger partial charge >= 0.3 is 5.97 Å². The number of piperidine rings is 1. The van der Waals surface area contributed by atoms with E-state index in [0.29, 0.717) is 12.4 Å². The van der Waals surface area contributed by atoms with E-state index in [2.05, 4.69) is 9.88 Å². The molecule has 0 atom stereocenters. The summed E-state index contributed by atoms with van der Waals surface area (Å²) in [6.45, 7) is 5.97. The van der Waals surface area contributed by atoms with E-state index in [4.69, 9.17) is 10.5 Å². The Bertz CT molecular complexity index is 454. The number of nitrogens with two attached hydrogens (primary N) is 1. The minimum atomic E-state index is -0.0613. The van der Waals surface area contributed by atoms with Gasteiger partial charge in [0.05, 0.1) is 24.4 Å². The summed E-state index contributed by atoms with van der Waals surface area (Å²) in [5.41, 5.74) is 7.79. The number of hydrogen-bond acceptors (Lipinski definition) is 5. The molecule has 2 N–H and O–H groups in total. The Morgan fingerprint density at radius 1 is 1.53 bits per heavy atom. The van der Waals surface area contributed by atoms with Crippen molar-refractivity contribution in [3.63, 3.8) is 0 Å². The Kier molecular flexibility index (Phi) is 4.24. The highest BCUT2D eigenvalue weighted by molar-refractivity contribution is 5.73. The van der Waals surface area contributed by atoms with Gasteiger partial charge in [-0.2, -0.15) is 0 Å². The number of rotatable bonds is 3. The van der Waals surface area contributed by atoms with Gasteiger partial charge in [-0.05, 0) is 38.3 Å². The van der Waals surface area contributed by atoms with Crippen LogP contribution in [0.1, 0.15) is 25.3 Å². The number of anilines is 2. The molecule has 2 heterocycles. The predicted molar refractivity (Wildman–Crippen MR) is 75.0 cm³/mol. The molecule has 2 rings (SSSR count). The molecule has 5 heteroatoms. The molecule has 1 aromatic rings. The van der Waals surface area contributed by atoms with Crippen LogP contribution in [0.15, 0.2) is 12.3 Å². The van der Waals surface area contributed by atoms with Crippen LogP contribution in [0, 0.1) is 12.8 Å². The van der Waals surface area contributed by atoms with E-state index < -0.39 is 0 Å². The van der Waals surface area contributed by atoms with Crippen molar-refractivity contribution < 1.29 is 9.53 Å². The summed E-state index contributed by atoms with van der Waals surface area (Å²) in [5, 5.41) is 0. The van der Waals surface area contributed by atoms with Gasteiger partial charge in [-0.3, -0.25) is 4.79 Å². The lowest BCUT2D eigenvalue weighted by atomic mass is 9.96. The van der Waals surface area contributed by atoms with Gasteiger partial charge in [0.25, 0.3) is 0 Å². The van der Waals surface area contributed by atoms with Crippen molar-refractivity contribution >= 4 is 17.5 Å². The molecule has 0 saturated carbocycles. The molecule has 0 radical (unpaired) electrons. The Morgan fingerprint density at radius 2 is 2.21 bits per heavy atom. The van der Waals surface area contributed by atoms with Crippen LogP contribution in [-0.2, 0) is 9.53 Å². The SMILES string of the molecule is CCOC(=O)C1CCN(c2cnc(N)c(C)c2)CC1. The quantitative estimate of drug-likeness (QED) is 0.841. The van der Waals surface area contributed by atoms with Crippen LogP contribution in [-0.4, -0.2) is 30.6 Å². The monoisotopic (exact) mass is 263 g/mol. The number of hydrogen-bond donors (Lipinski definition) is 1. The molecule has 0 spiro atoms. The van der Waals surface area contributed by atoms with Gasteiger partial charge in [0, 0.05) is 13.1 Å². The average molecular weight is 263 g/mol. The second-order valence-corrected chi connectivity index (χ2v) is 4.91. The third-order valence-electron chi connectivity index (χ3n) is 3.58. The van der Waals surface area contributed by atoms with Gasteiger partial charge < -0.3 is 15.4 Å². The minimum absolute atomic E-state index is 0.0408. The van der Waals surface area contributed by atoms with Crippen molar-refractivity contribution in [1.82, 2.24) is 4.98 Å². The lowest BCUT2D eigenvalue weighted by Gasteiger charge is -2.32. The van der Waals surface area contributed by atoms with E-state index in [1.54, 1.807) is 6.20 Å². The summed E-state index contributed by atoms with van der Waals surface area (Å²) in [6, 6.07) is 2.05. The fourth-order valence-corrected chi connectivity index (χ4v) is 2.38. The molecule has 0 unspecified atom stereocenters. The molecule has 1 aliphatic rings. The van der Waals surface area contributed by atoms with Gasteiger partial charge in [0.2, 0.25) is 0 Å². The standard InChI is InChI=1S/C14H21N3O2/c1-3-19-14(18)11-4-6-17(7-5-11)12-8-10(2)13(15)16-9-12/h8-9,11H,3-7H2,1-2H3,(H2,15,16). The Hall–Kier alpha value is -1.78. The summed E-state index contributed by atoms with van der Waals surface area (Å²) in [6.07, 6.45) is 3.47. The molecule has 1 aliphatic heterocycles. The van der Waals surface area contributed by atoms with Gasteiger partial charge in [0.15, 0.2) is 0 Å². The maximum atomic E-state index is 11.7. The maximum absolute atomic E-state index is 11.7. The maximum Gasteiger partial charge on any atom is 0.309 e. The number of aryl methyl sites for hydroxylation is 1. The van der Waals surface area contributed by atoms with Crippen molar-refractivity contribution in [1.29, 1.82) is 0 Å². The predicted octanol–water partition coefficient (Wildman–Crippen LogP) is 1.75. The van der Waals surface area contributed by atoms with E-state index in [9.17, 15) is 4.79 Å². The number of aromatic nitrogens is 1. The lowest BCUT2D eigenvalue weighted by molar-refractivity contribution is -0.148. The zero-order chi connectivity index (χ0) is 13.8. The number of nitrogen functional groups attached to an aromatic ring is 1. The van der Waals surface area contributed by atoms with Crippen LogP contribution in [0.3, 0.4) is 0 Å². The zero-order valence-electron chi connectivity index (χ0n) is 11.6. The highest BCUT2D eigenvalue weighted by Crippen LogP contribution is 2.25. The van der Waals surface area contributed by atoms with Crippen LogP contribution in [0.5, 0.6) is 0 Å². The molecule has 19 heavy (non-hydrogen) atoms. The fourth-order valence-electron chi connectivity index (χ4n) is 2.38. The van der Waals surface area contributed by atoms with Crippen LogP contribution >= 0.6 is 0 Å². The number of carbonyl (C=O) groups is 1. The largest absolute Gasteiger partial charge is 0.466 e. The lowest BCUT2D eigenvalue weighted by Crippen LogP contribution is -2.37. The van der Waals surface area contributed by atoms with E-state index in [-0.39, 0.29) is 11.9 Å². The van der Waals surface area contributed by atoms with E-state index in [1.807, 2.05) is 19.9 Å². The van der Waals surface area contributed by atoms with Gasteiger partial charge in [-0.25, -0.2) is 4.98 Å². The van der Waals surface area contributed by atoms with Crippen LogP contribution in [0.25, 0.3) is 0 Å². The molecule has 1 fully saturated rings. The highest BCUT2D eigenvalue weighted by atomic mass is 16.5. The van der Waals surface area contributed by atoms with Gasteiger partial charge in [0.1, 0.15) is 5.82 Å². The van der Waals surface area contributed by atoms with E-state index in [0.717, 1.165) is 37.2 Å². The smallest absolute Gasteiger partial charge is 0.309 e. The first-order valence-corrected chi connectivity index (χ1v) is 6.75. The molecular weight excluding hydrogens is 242 g/mol. The molecule has 0 aliphatic carbocycles. The van der Waals surface area contributed by atoms with Crippen molar-refractivity contribution in [2.24, 2.45) is 5.92 Å². The summed E-state index contributed by atoms with van der Waals surface area (Å²) < 4.78 is 5.07. The topological polar surface area (TPSA) is 68.5 Å². The van der Waals surface area contributed by atoms with E-state index >= 15 is 0 Å². The summed E-state index contributed by atoms with van der Waals surface area (Å²) >= 11 is 0. The number of pyridine rings is 1. The third kappa shape index (κ3) is 3.16. The van der Waals surface area contributed by atoms with Crippen LogP contribution in [0.2, 0.25) is 0 Å². The molecule has 104 valence electrons. The first-order valence-electron chi connectivity index (χ1n) is 6.75. The van der Waals surface area contributed by atoms with Gasteiger partial charge in [-0.15, -0.1) is 0 Å². The number of ether oxygens (including phenoxy) is 1. The minimum Gasteiger partial charge on any atom is -0.466 e. The molecule has 5 nitrogen and oxygen atoms in total. The highest BCUT2D eigenvalue weighted by Gasteiger charge is 2.26. The molecule has 0 aromatic carbocycles. The Balaban J connectivity index is 1.96. The average Bonchev–Trinajstić information content (AvgIpc) is 2.42. The van der Waals surface area contributed by atoms with Crippen LogP contribution < -0.4 is 10.6 Å². The molecule has 1 aromatic heterocycles. The van der Waals surface area contributed by atoms with Crippen LogP contribution in [0.4, 0.5) is 11.5 Å². The van der Waals surface area contributed by atoms with Crippen molar-refractivity contribution in [2.75, 3.05) is 30.3 Å². The van der Waals surface area contributed by atoms with Crippen molar-refractivity contribution in [2.45, 2.75) is 26.7 Å². The van der Waals surface area contributed by atoms with Crippen molar-refractivity contribution in [3.05, 3.63) is 17.8 Å². The second kappa shape index (κ2) is 5.91. The number of esters is 1. The summed E-state index contributed by atoms with van der Waals surface area (Å²) in [5.74, 6) is 0.554. The first kappa shape index (κ1) is 13.6. The molecule has 1 saturated heterocycles. The number of carbonyl (C=O) groups excluding carboxylic acids is 1. The second-order valence-electron chi connectivity index (χ2n) is 4.91.